The van der Waals surface area contributed by atoms with Gasteiger partial charge in [-0.15, -0.1) is 0 Å². The van der Waals surface area contributed by atoms with E-state index in [-0.39, 0.29) is 5.91 Å². The number of rotatable bonds is 1. The van der Waals surface area contributed by atoms with Gasteiger partial charge >= 0.3 is 0 Å². The van der Waals surface area contributed by atoms with Crippen LogP contribution < -0.4 is 5.32 Å². The number of hydrogen-bond acceptors (Lipinski definition) is 3. The third-order valence-electron chi connectivity index (χ3n) is 1.13. The topological polar surface area (TPSA) is 29.1 Å². The zero-order chi connectivity index (χ0) is 8.43. The molecule has 60 valence electrons. The van der Waals surface area contributed by atoms with Crippen LogP contribution in [0.5, 0.6) is 0 Å². The van der Waals surface area contributed by atoms with Crippen LogP contribution in [0.15, 0.2) is 11.0 Å². The Balaban J connectivity index is 2.75. The van der Waals surface area contributed by atoms with Crippen LogP contribution in [0.25, 0.3) is 0 Å². The fraction of sp³-hybridized carbons (Fsp3) is 0.429. The van der Waals surface area contributed by atoms with E-state index in [1.807, 2.05) is 19.9 Å². The maximum Gasteiger partial charge on any atom is 0.263 e. The summed E-state index contributed by atoms with van der Waals surface area (Å²) in [6.07, 6.45) is 1.92. The molecule has 1 amide bonds. The first-order valence-corrected chi connectivity index (χ1v) is 4.57. The van der Waals surface area contributed by atoms with Crippen LogP contribution in [0.3, 0.4) is 0 Å². The maximum atomic E-state index is 11.0. The highest BCUT2D eigenvalue weighted by Gasteiger charge is 2.21. The summed E-state index contributed by atoms with van der Waals surface area (Å²) < 4.78 is 0.557. The molecule has 0 radical (unpaired) electrons. The van der Waals surface area contributed by atoms with Crippen molar-refractivity contribution in [2.75, 3.05) is 0 Å². The Kier molecular flexibility index (Phi) is 2.67. The molecule has 1 aliphatic rings. The standard InChI is InChI=1S/C7H9NOS2/c1-4(2)3-5-6(9)8-7(10)11-5/h3-4H,1-2H3,(H,8,9,10)/b5-3+. The molecule has 1 rings (SSSR count). The second-order valence-corrected chi connectivity index (χ2v) is 4.34. The Morgan fingerprint density at radius 2 is 2.27 bits per heavy atom. The minimum Gasteiger partial charge on any atom is -0.307 e. The fourth-order valence-electron chi connectivity index (χ4n) is 0.738. The Morgan fingerprint density at radius 1 is 1.64 bits per heavy atom. The first-order chi connectivity index (χ1) is 5.09. The Hall–Kier alpha value is -0.350. The van der Waals surface area contributed by atoms with Crippen molar-refractivity contribution in [3.8, 4) is 0 Å². The van der Waals surface area contributed by atoms with Crippen molar-refractivity contribution in [3.05, 3.63) is 11.0 Å². The molecule has 0 atom stereocenters. The predicted octanol–water partition coefficient (Wildman–Crippen LogP) is 1.67. The highest BCUT2D eigenvalue weighted by molar-refractivity contribution is 8.26. The third kappa shape index (κ3) is 2.31. The molecule has 1 saturated heterocycles. The number of nitrogens with one attached hydrogen (secondary N) is 1. The largest absolute Gasteiger partial charge is 0.307 e. The molecule has 4 heteroatoms. The summed E-state index contributed by atoms with van der Waals surface area (Å²) >= 11 is 6.15. The van der Waals surface area contributed by atoms with Gasteiger partial charge in [-0.25, -0.2) is 0 Å². The molecule has 0 aliphatic carbocycles. The molecule has 1 heterocycles. The zero-order valence-corrected chi connectivity index (χ0v) is 8.01. The maximum absolute atomic E-state index is 11.0. The van der Waals surface area contributed by atoms with E-state index in [2.05, 4.69) is 5.32 Å². The quantitative estimate of drug-likeness (QED) is 0.500. The van der Waals surface area contributed by atoms with Gasteiger partial charge in [0.1, 0.15) is 4.32 Å². The van der Waals surface area contributed by atoms with Crippen LogP contribution >= 0.6 is 24.0 Å². The molecule has 0 saturated carbocycles. The molecule has 0 aromatic heterocycles. The Bertz CT molecular complexity index is 233. The summed E-state index contributed by atoms with van der Waals surface area (Å²) in [6.45, 7) is 4.06. The van der Waals surface area contributed by atoms with Crippen molar-refractivity contribution in [1.82, 2.24) is 5.32 Å². The smallest absolute Gasteiger partial charge is 0.263 e. The second-order valence-electron chi connectivity index (χ2n) is 2.62. The van der Waals surface area contributed by atoms with Gasteiger partial charge in [0.05, 0.1) is 4.91 Å². The molecule has 0 aromatic rings. The van der Waals surface area contributed by atoms with Gasteiger partial charge in [0, 0.05) is 0 Å². The van der Waals surface area contributed by atoms with Crippen LogP contribution in [0, 0.1) is 5.92 Å². The van der Waals surface area contributed by atoms with Crippen molar-refractivity contribution in [2.24, 2.45) is 5.92 Å². The van der Waals surface area contributed by atoms with Crippen LogP contribution in [0.2, 0.25) is 0 Å². The van der Waals surface area contributed by atoms with Gasteiger partial charge in [-0.1, -0.05) is 43.9 Å². The summed E-state index contributed by atoms with van der Waals surface area (Å²) in [5, 5.41) is 2.56. The van der Waals surface area contributed by atoms with Gasteiger partial charge in [0.25, 0.3) is 5.91 Å². The molecule has 0 spiro atoms. The van der Waals surface area contributed by atoms with Crippen molar-refractivity contribution in [2.45, 2.75) is 13.8 Å². The molecular weight excluding hydrogens is 178 g/mol. The van der Waals surface area contributed by atoms with Crippen LogP contribution in [0.1, 0.15) is 13.8 Å². The van der Waals surface area contributed by atoms with Crippen molar-refractivity contribution in [1.29, 1.82) is 0 Å². The van der Waals surface area contributed by atoms with E-state index in [1.165, 1.54) is 11.8 Å². The monoisotopic (exact) mass is 187 g/mol. The highest BCUT2D eigenvalue weighted by Crippen LogP contribution is 2.24. The van der Waals surface area contributed by atoms with Gasteiger partial charge in [-0.2, -0.15) is 0 Å². The van der Waals surface area contributed by atoms with Gasteiger partial charge in [-0.3, -0.25) is 4.79 Å². The first kappa shape index (κ1) is 8.74. The summed E-state index contributed by atoms with van der Waals surface area (Å²) in [4.78, 5) is 11.8. The molecule has 0 unspecified atom stereocenters. The van der Waals surface area contributed by atoms with Crippen molar-refractivity contribution in [3.63, 3.8) is 0 Å². The van der Waals surface area contributed by atoms with Gasteiger partial charge in [0.2, 0.25) is 0 Å². The molecule has 0 aromatic carbocycles. The normalized spacial score (nSPS) is 21.5. The SMILES string of the molecule is CC(C)/C=C1/SC(=S)NC1=O. The molecule has 1 N–H and O–H groups in total. The van der Waals surface area contributed by atoms with E-state index in [4.69, 9.17) is 12.2 Å². The lowest BCUT2D eigenvalue weighted by Crippen LogP contribution is -2.17. The summed E-state index contributed by atoms with van der Waals surface area (Å²) in [7, 11) is 0. The lowest BCUT2D eigenvalue weighted by Gasteiger charge is -1.94. The number of thiocarbonyl (C=S) groups is 1. The lowest BCUT2D eigenvalue weighted by molar-refractivity contribution is -0.115. The van der Waals surface area contributed by atoms with E-state index in [1.54, 1.807) is 0 Å². The Morgan fingerprint density at radius 3 is 2.64 bits per heavy atom. The summed E-state index contributed by atoms with van der Waals surface area (Å²) in [5.74, 6) is 0.331. The fourth-order valence-corrected chi connectivity index (χ4v) is 1.93. The minimum absolute atomic E-state index is 0.0614. The molecule has 2 nitrogen and oxygen atoms in total. The Labute approximate surface area is 75.4 Å². The van der Waals surface area contributed by atoms with Crippen molar-refractivity contribution >= 4 is 34.2 Å². The number of allylic oxidation sites excluding steroid dienone is 1. The highest BCUT2D eigenvalue weighted by atomic mass is 32.2. The van der Waals surface area contributed by atoms with E-state index >= 15 is 0 Å². The lowest BCUT2D eigenvalue weighted by atomic mass is 10.2. The van der Waals surface area contributed by atoms with Crippen LogP contribution in [-0.2, 0) is 4.79 Å². The second kappa shape index (κ2) is 3.36. The van der Waals surface area contributed by atoms with E-state index < -0.39 is 0 Å². The van der Waals surface area contributed by atoms with Gasteiger partial charge in [-0.05, 0) is 5.92 Å². The average Bonchev–Trinajstić information content (AvgIpc) is 2.09. The number of carbonyl (C=O) groups excluding carboxylic acids is 1. The summed E-state index contributed by atoms with van der Waals surface area (Å²) in [6, 6.07) is 0. The van der Waals surface area contributed by atoms with Crippen LogP contribution in [-0.4, -0.2) is 10.2 Å². The minimum atomic E-state index is -0.0614. The van der Waals surface area contributed by atoms with E-state index in [0.29, 0.717) is 10.2 Å². The number of amides is 1. The molecular formula is C7H9NOS2. The van der Waals surface area contributed by atoms with Gasteiger partial charge in [0.15, 0.2) is 0 Å². The molecule has 0 bridgehead atoms. The molecule has 1 aliphatic heterocycles. The zero-order valence-electron chi connectivity index (χ0n) is 6.38. The third-order valence-corrected chi connectivity index (χ3v) is 2.31. The molecule has 11 heavy (non-hydrogen) atoms. The number of thioether (sulfide) groups is 1. The van der Waals surface area contributed by atoms with Crippen molar-refractivity contribution < 1.29 is 4.79 Å². The van der Waals surface area contributed by atoms with Gasteiger partial charge < -0.3 is 5.32 Å². The molecule has 1 fully saturated rings. The summed E-state index contributed by atoms with van der Waals surface area (Å²) in [5.41, 5.74) is 0. The van der Waals surface area contributed by atoms with E-state index in [0.717, 1.165) is 4.91 Å². The van der Waals surface area contributed by atoms with Crippen LogP contribution in [0.4, 0.5) is 0 Å². The first-order valence-electron chi connectivity index (χ1n) is 3.34. The number of carbonyl (C=O) groups is 1. The van der Waals surface area contributed by atoms with E-state index in [9.17, 15) is 4.79 Å². The predicted molar refractivity (Wildman–Crippen MR) is 51.3 cm³/mol. The average molecular weight is 187 g/mol. The number of hydrogen-bond donors (Lipinski definition) is 1.